The lowest BCUT2D eigenvalue weighted by Gasteiger charge is -2.14. The SMILES string of the molecule is CC(Cc1cc2ccccc2o1)NC(=O)c1ccc(S(=O)(=O)N(C)C)cc1. The summed E-state index contributed by atoms with van der Waals surface area (Å²) in [6, 6.07) is 15.5. The number of fused-ring (bicyclic) bond motifs is 1. The van der Waals surface area contributed by atoms with E-state index >= 15 is 0 Å². The van der Waals surface area contributed by atoms with E-state index in [1.165, 1.54) is 38.4 Å². The van der Waals surface area contributed by atoms with Crippen molar-refractivity contribution in [2.24, 2.45) is 0 Å². The second-order valence-electron chi connectivity index (χ2n) is 6.64. The van der Waals surface area contributed by atoms with Gasteiger partial charge in [-0.1, -0.05) is 18.2 Å². The highest BCUT2D eigenvalue weighted by Gasteiger charge is 2.18. The van der Waals surface area contributed by atoms with Gasteiger partial charge in [-0.2, -0.15) is 0 Å². The summed E-state index contributed by atoms with van der Waals surface area (Å²) in [5.74, 6) is 0.545. The van der Waals surface area contributed by atoms with Crippen LogP contribution >= 0.6 is 0 Å². The summed E-state index contributed by atoms with van der Waals surface area (Å²) < 4.78 is 31.1. The van der Waals surface area contributed by atoms with Crippen molar-refractivity contribution in [2.45, 2.75) is 24.3 Å². The van der Waals surface area contributed by atoms with Crippen molar-refractivity contribution in [3.8, 4) is 0 Å². The minimum absolute atomic E-state index is 0.136. The van der Waals surface area contributed by atoms with Crippen molar-refractivity contribution in [2.75, 3.05) is 14.1 Å². The number of hydrogen-bond acceptors (Lipinski definition) is 4. The number of nitrogens with one attached hydrogen (secondary N) is 1. The molecule has 3 rings (SSSR count). The zero-order valence-electron chi connectivity index (χ0n) is 15.5. The van der Waals surface area contributed by atoms with Crippen LogP contribution in [-0.4, -0.2) is 38.8 Å². The zero-order valence-corrected chi connectivity index (χ0v) is 16.3. The zero-order chi connectivity index (χ0) is 19.6. The van der Waals surface area contributed by atoms with E-state index in [2.05, 4.69) is 5.32 Å². The van der Waals surface area contributed by atoms with Gasteiger partial charge < -0.3 is 9.73 Å². The molecule has 0 fully saturated rings. The van der Waals surface area contributed by atoms with E-state index < -0.39 is 10.0 Å². The molecule has 0 bridgehead atoms. The molecule has 0 aliphatic heterocycles. The monoisotopic (exact) mass is 386 g/mol. The number of rotatable bonds is 6. The van der Waals surface area contributed by atoms with Gasteiger partial charge in [0.25, 0.3) is 5.91 Å². The number of para-hydroxylation sites is 1. The third kappa shape index (κ3) is 4.20. The molecule has 1 N–H and O–H groups in total. The maximum absolute atomic E-state index is 12.4. The molecule has 6 nitrogen and oxygen atoms in total. The molecule has 1 amide bonds. The highest BCUT2D eigenvalue weighted by molar-refractivity contribution is 7.89. The van der Waals surface area contributed by atoms with E-state index in [0.717, 1.165) is 21.0 Å². The summed E-state index contributed by atoms with van der Waals surface area (Å²) in [6.07, 6.45) is 0.563. The smallest absolute Gasteiger partial charge is 0.251 e. The van der Waals surface area contributed by atoms with Gasteiger partial charge in [0.1, 0.15) is 11.3 Å². The predicted molar refractivity (Wildman–Crippen MR) is 104 cm³/mol. The maximum Gasteiger partial charge on any atom is 0.251 e. The van der Waals surface area contributed by atoms with E-state index in [4.69, 9.17) is 4.42 Å². The molecule has 0 aliphatic rings. The molecule has 7 heteroatoms. The number of furan rings is 1. The van der Waals surface area contributed by atoms with Crippen molar-refractivity contribution < 1.29 is 17.6 Å². The van der Waals surface area contributed by atoms with Crippen molar-refractivity contribution in [1.29, 1.82) is 0 Å². The second-order valence-corrected chi connectivity index (χ2v) is 8.79. The Morgan fingerprint density at radius 3 is 2.41 bits per heavy atom. The van der Waals surface area contributed by atoms with E-state index in [9.17, 15) is 13.2 Å². The highest BCUT2D eigenvalue weighted by atomic mass is 32.2. The Kier molecular flexibility index (Phi) is 5.34. The Bertz CT molecular complexity index is 1020. The number of amides is 1. The van der Waals surface area contributed by atoms with Gasteiger partial charge in [-0.3, -0.25) is 4.79 Å². The van der Waals surface area contributed by atoms with Gasteiger partial charge >= 0.3 is 0 Å². The molecule has 3 aromatic rings. The van der Waals surface area contributed by atoms with E-state index in [-0.39, 0.29) is 16.8 Å². The summed E-state index contributed by atoms with van der Waals surface area (Å²) in [7, 11) is -0.571. The molecule has 0 saturated carbocycles. The standard InChI is InChI=1S/C20H22N2O4S/c1-14(12-17-13-16-6-4-5-7-19(16)26-17)21-20(23)15-8-10-18(11-9-15)27(24,25)22(2)3/h4-11,13-14H,12H2,1-3H3,(H,21,23). The van der Waals surface area contributed by atoms with Gasteiger partial charge in [0.15, 0.2) is 0 Å². The number of hydrogen-bond donors (Lipinski definition) is 1. The van der Waals surface area contributed by atoms with E-state index in [0.29, 0.717) is 12.0 Å². The van der Waals surface area contributed by atoms with Gasteiger partial charge in [-0.05, 0) is 43.3 Å². The average molecular weight is 386 g/mol. The first-order valence-electron chi connectivity index (χ1n) is 8.58. The Morgan fingerprint density at radius 1 is 1.11 bits per heavy atom. The van der Waals surface area contributed by atoms with Crippen LogP contribution in [0.15, 0.2) is 63.9 Å². The van der Waals surface area contributed by atoms with E-state index in [1.54, 1.807) is 0 Å². The fraction of sp³-hybridized carbons (Fsp3) is 0.250. The van der Waals surface area contributed by atoms with Crippen LogP contribution in [0.2, 0.25) is 0 Å². The van der Waals surface area contributed by atoms with Gasteiger partial charge in [0.05, 0.1) is 4.90 Å². The molecule has 0 spiro atoms. The lowest BCUT2D eigenvalue weighted by molar-refractivity contribution is 0.0939. The number of benzene rings is 2. The van der Waals surface area contributed by atoms with Gasteiger partial charge in [-0.15, -0.1) is 0 Å². The minimum atomic E-state index is -3.51. The average Bonchev–Trinajstić information content (AvgIpc) is 3.03. The van der Waals surface area contributed by atoms with Gasteiger partial charge in [0.2, 0.25) is 10.0 Å². The summed E-state index contributed by atoms with van der Waals surface area (Å²) in [6.45, 7) is 1.90. The molecule has 27 heavy (non-hydrogen) atoms. The number of carbonyl (C=O) groups excluding carboxylic acids is 1. The molecule has 0 aliphatic carbocycles. The lowest BCUT2D eigenvalue weighted by Crippen LogP contribution is -2.34. The Balaban J connectivity index is 1.65. The van der Waals surface area contributed by atoms with Crippen LogP contribution in [0.25, 0.3) is 11.0 Å². The van der Waals surface area contributed by atoms with Gasteiger partial charge in [-0.25, -0.2) is 12.7 Å². The van der Waals surface area contributed by atoms with Crippen LogP contribution in [0, 0.1) is 0 Å². The molecule has 0 radical (unpaired) electrons. The maximum atomic E-state index is 12.4. The normalized spacial score (nSPS) is 13.0. The summed E-state index contributed by atoms with van der Waals surface area (Å²) in [5.41, 5.74) is 1.23. The number of carbonyl (C=O) groups is 1. The second kappa shape index (κ2) is 7.54. The summed E-state index contributed by atoms with van der Waals surface area (Å²) in [5, 5.41) is 3.94. The molecule has 1 unspecified atom stereocenters. The van der Waals surface area contributed by atoms with Crippen molar-refractivity contribution in [3.05, 3.63) is 65.9 Å². The van der Waals surface area contributed by atoms with Crippen molar-refractivity contribution >= 4 is 26.9 Å². The quantitative estimate of drug-likeness (QED) is 0.706. The van der Waals surface area contributed by atoms with E-state index in [1.807, 2.05) is 37.3 Å². The first-order valence-corrected chi connectivity index (χ1v) is 10.0. The molecule has 2 aromatic carbocycles. The van der Waals surface area contributed by atoms with Crippen molar-refractivity contribution in [3.63, 3.8) is 0 Å². The Hall–Kier alpha value is -2.64. The van der Waals surface area contributed by atoms with Crippen LogP contribution in [0.4, 0.5) is 0 Å². The predicted octanol–water partition coefficient (Wildman–Crippen LogP) is 3.04. The molecule has 1 heterocycles. The Morgan fingerprint density at radius 2 is 1.78 bits per heavy atom. The summed E-state index contributed by atoms with van der Waals surface area (Å²) >= 11 is 0. The third-order valence-corrected chi connectivity index (χ3v) is 6.09. The van der Waals surface area contributed by atoms with Crippen LogP contribution in [0.5, 0.6) is 0 Å². The van der Waals surface area contributed by atoms with Crippen LogP contribution in [-0.2, 0) is 16.4 Å². The number of nitrogens with zero attached hydrogens (tertiary/aromatic N) is 1. The Labute approximate surface area is 158 Å². The lowest BCUT2D eigenvalue weighted by atomic mass is 10.1. The third-order valence-electron chi connectivity index (χ3n) is 4.26. The fourth-order valence-electron chi connectivity index (χ4n) is 2.79. The molecule has 0 saturated heterocycles. The molecular weight excluding hydrogens is 364 g/mol. The van der Waals surface area contributed by atoms with Crippen LogP contribution < -0.4 is 5.32 Å². The van der Waals surface area contributed by atoms with Gasteiger partial charge in [0, 0.05) is 37.5 Å². The van der Waals surface area contributed by atoms with Crippen LogP contribution in [0.1, 0.15) is 23.0 Å². The fourth-order valence-corrected chi connectivity index (χ4v) is 3.69. The number of sulfonamides is 1. The molecule has 1 aromatic heterocycles. The molecule has 142 valence electrons. The molecular formula is C20H22N2O4S. The topological polar surface area (TPSA) is 79.6 Å². The summed E-state index contributed by atoms with van der Waals surface area (Å²) in [4.78, 5) is 12.6. The largest absolute Gasteiger partial charge is 0.461 e. The van der Waals surface area contributed by atoms with Crippen LogP contribution in [0.3, 0.4) is 0 Å². The molecule has 1 atom stereocenters. The first kappa shape index (κ1) is 19.1. The minimum Gasteiger partial charge on any atom is -0.461 e. The first-order chi connectivity index (χ1) is 12.8. The van der Waals surface area contributed by atoms with Crippen molar-refractivity contribution in [1.82, 2.24) is 9.62 Å². The highest BCUT2D eigenvalue weighted by Crippen LogP contribution is 2.20.